The smallest absolute Gasteiger partial charge is 0.241 e. The highest BCUT2D eigenvalue weighted by Crippen LogP contribution is 2.12. The summed E-state index contributed by atoms with van der Waals surface area (Å²) in [4.78, 5) is 27.4. The van der Waals surface area contributed by atoms with E-state index in [2.05, 4.69) is 5.32 Å². The molecule has 6 heteroatoms. The zero-order valence-corrected chi connectivity index (χ0v) is 13.6. The van der Waals surface area contributed by atoms with Gasteiger partial charge in [0.1, 0.15) is 0 Å². The molecule has 0 bridgehead atoms. The summed E-state index contributed by atoms with van der Waals surface area (Å²) in [6, 6.07) is 7.56. The maximum atomic E-state index is 11.9. The van der Waals surface area contributed by atoms with E-state index in [0.29, 0.717) is 11.6 Å². The third-order valence-corrected chi connectivity index (χ3v) is 3.89. The van der Waals surface area contributed by atoms with Crippen LogP contribution in [0.5, 0.6) is 0 Å². The van der Waals surface area contributed by atoms with Crippen LogP contribution in [-0.2, 0) is 16.1 Å². The van der Waals surface area contributed by atoms with Crippen LogP contribution in [0.25, 0.3) is 0 Å². The average molecular weight is 324 g/mol. The van der Waals surface area contributed by atoms with Crippen molar-refractivity contribution in [2.45, 2.75) is 19.4 Å². The van der Waals surface area contributed by atoms with Gasteiger partial charge in [-0.25, -0.2) is 0 Å². The Kier molecular flexibility index (Phi) is 6.21. The minimum Gasteiger partial charge on any atom is -0.346 e. The first-order chi connectivity index (χ1) is 10.5. The molecule has 1 fully saturated rings. The van der Waals surface area contributed by atoms with Crippen LogP contribution in [0.1, 0.15) is 18.4 Å². The Labute approximate surface area is 136 Å². The Balaban J connectivity index is 1.70. The first-order valence-electron chi connectivity index (χ1n) is 7.52. The molecule has 22 heavy (non-hydrogen) atoms. The number of nitrogens with zero attached hydrogens (tertiary/aromatic N) is 2. The van der Waals surface area contributed by atoms with Gasteiger partial charge in [0.15, 0.2) is 0 Å². The van der Waals surface area contributed by atoms with Gasteiger partial charge in [-0.05, 0) is 37.6 Å². The van der Waals surface area contributed by atoms with Gasteiger partial charge in [0.25, 0.3) is 0 Å². The van der Waals surface area contributed by atoms with E-state index in [-0.39, 0.29) is 24.9 Å². The van der Waals surface area contributed by atoms with Crippen molar-refractivity contribution in [2.24, 2.45) is 0 Å². The minimum atomic E-state index is -0.142. The molecule has 0 saturated carbocycles. The van der Waals surface area contributed by atoms with E-state index >= 15 is 0 Å². The van der Waals surface area contributed by atoms with Crippen LogP contribution in [0, 0.1) is 0 Å². The molecule has 0 aromatic heterocycles. The van der Waals surface area contributed by atoms with Crippen molar-refractivity contribution >= 4 is 23.4 Å². The fraction of sp³-hybridized carbons (Fsp3) is 0.500. The van der Waals surface area contributed by atoms with Crippen LogP contribution in [0.2, 0.25) is 5.02 Å². The van der Waals surface area contributed by atoms with Crippen molar-refractivity contribution in [1.82, 2.24) is 15.1 Å². The molecule has 0 unspecified atom stereocenters. The van der Waals surface area contributed by atoms with Crippen LogP contribution in [0.15, 0.2) is 24.3 Å². The molecule has 5 nitrogen and oxygen atoms in total. The zero-order valence-electron chi connectivity index (χ0n) is 12.8. The van der Waals surface area contributed by atoms with Crippen molar-refractivity contribution in [1.29, 1.82) is 0 Å². The number of benzene rings is 1. The summed E-state index contributed by atoms with van der Waals surface area (Å²) in [6.07, 6.45) is 2.12. The Morgan fingerprint density at radius 1 is 1.32 bits per heavy atom. The standard InChI is InChI=1S/C16H22ClN3O2/c1-19(11-13-5-4-6-14(17)9-13)12-15(21)18-10-16(22)20-7-2-3-8-20/h4-6,9H,2-3,7-8,10-12H2,1H3,(H,18,21). The summed E-state index contributed by atoms with van der Waals surface area (Å²) in [5.74, 6) is -0.139. The third-order valence-electron chi connectivity index (χ3n) is 3.65. The lowest BCUT2D eigenvalue weighted by atomic mass is 10.2. The highest BCUT2D eigenvalue weighted by Gasteiger charge is 2.18. The van der Waals surface area contributed by atoms with Gasteiger partial charge in [0, 0.05) is 24.7 Å². The maximum absolute atomic E-state index is 11.9. The number of amides is 2. The summed E-state index contributed by atoms with van der Waals surface area (Å²) in [5, 5.41) is 3.38. The molecule has 1 saturated heterocycles. The number of likely N-dealkylation sites (N-methyl/N-ethyl adjacent to an activating group) is 1. The van der Waals surface area contributed by atoms with Gasteiger partial charge in [-0.2, -0.15) is 0 Å². The summed E-state index contributed by atoms with van der Waals surface area (Å²) >= 11 is 5.94. The molecule has 0 spiro atoms. The van der Waals surface area contributed by atoms with E-state index in [9.17, 15) is 9.59 Å². The highest BCUT2D eigenvalue weighted by molar-refractivity contribution is 6.30. The second-order valence-electron chi connectivity index (χ2n) is 5.67. The molecule has 1 N–H and O–H groups in total. The fourth-order valence-corrected chi connectivity index (χ4v) is 2.77. The van der Waals surface area contributed by atoms with Crippen molar-refractivity contribution in [3.63, 3.8) is 0 Å². The SMILES string of the molecule is CN(CC(=O)NCC(=O)N1CCCC1)Cc1cccc(Cl)c1. The summed E-state index contributed by atoms with van der Waals surface area (Å²) in [5.41, 5.74) is 1.05. The molecule has 0 radical (unpaired) electrons. The number of nitrogens with one attached hydrogen (secondary N) is 1. The number of hydrogen-bond donors (Lipinski definition) is 1. The second-order valence-corrected chi connectivity index (χ2v) is 6.10. The van der Waals surface area contributed by atoms with E-state index in [0.717, 1.165) is 31.5 Å². The van der Waals surface area contributed by atoms with Gasteiger partial charge in [-0.1, -0.05) is 23.7 Å². The Bertz CT molecular complexity index is 530. The molecular weight excluding hydrogens is 302 g/mol. The molecule has 1 aromatic carbocycles. The number of likely N-dealkylation sites (tertiary alicyclic amines) is 1. The molecule has 2 rings (SSSR count). The second kappa shape index (κ2) is 8.15. The van der Waals surface area contributed by atoms with Gasteiger partial charge in [0.2, 0.25) is 11.8 Å². The van der Waals surface area contributed by atoms with Crippen LogP contribution in [0.3, 0.4) is 0 Å². The lowest BCUT2D eigenvalue weighted by Gasteiger charge is -2.18. The van der Waals surface area contributed by atoms with Crippen LogP contribution in [0.4, 0.5) is 0 Å². The molecule has 0 atom stereocenters. The van der Waals surface area contributed by atoms with Crippen LogP contribution < -0.4 is 5.32 Å². The molecule has 1 aliphatic rings. The zero-order chi connectivity index (χ0) is 15.9. The summed E-state index contributed by atoms with van der Waals surface area (Å²) < 4.78 is 0. The summed E-state index contributed by atoms with van der Waals surface area (Å²) in [6.45, 7) is 2.59. The predicted octanol–water partition coefficient (Wildman–Crippen LogP) is 1.51. The predicted molar refractivity (Wildman–Crippen MR) is 86.6 cm³/mol. The monoisotopic (exact) mass is 323 g/mol. The lowest BCUT2D eigenvalue weighted by Crippen LogP contribution is -2.42. The molecule has 1 heterocycles. The average Bonchev–Trinajstić information content (AvgIpc) is 2.98. The van der Waals surface area contributed by atoms with Crippen molar-refractivity contribution in [3.8, 4) is 0 Å². The number of rotatable bonds is 6. The molecule has 120 valence electrons. The van der Waals surface area contributed by atoms with E-state index in [1.54, 1.807) is 4.90 Å². The summed E-state index contributed by atoms with van der Waals surface area (Å²) in [7, 11) is 1.86. The van der Waals surface area contributed by atoms with E-state index < -0.39 is 0 Å². The van der Waals surface area contributed by atoms with Crippen LogP contribution >= 0.6 is 11.6 Å². The minimum absolute atomic E-state index is 0.00310. The van der Waals surface area contributed by atoms with Crippen molar-refractivity contribution in [3.05, 3.63) is 34.9 Å². The topological polar surface area (TPSA) is 52.7 Å². The fourth-order valence-electron chi connectivity index (χ4n) is 2.56. The molecule has 2 amide bonds. The van der Waals surface area contributed by atoms with Gasteiger partial charge >= 0.3 is 0 Å². The first-order valence-corrected chi connectivity index (χ1v) is 7.90. The highest BCUT2D eigenvalue weighted by atomic mass is 35.5. The Morgan fingerprint density at radius 2 is 2.05 bits per heavy atom. The largest absolute Gasteiger partial charge is 0.346 e. The number of carbonyl (C=O) groups is 2. The van der Waals surface area contributed by atoms with E-state index in [1.165, 1.54) is 0 Å². The number of carbonyl (C=O) groups excluding carboxylic acids is 2. The van der Waals surface area contributed by atoms with Crippen molar-refractivity contribution in [2.75, 3.05) is 33.2 Å². The van der Waals surface area contributed by atoms with Crippen molar-refractivity contribution < 1.29 is 9.59 Å². The van der Waals surface area contributed by atoms with Crippen LogP contribution in [-0.4, -0.2) is 54.8 Å². The van der Waals surface area contributed by atoms with Gasteiger partial charge < -0.3 is 10.2 Å². The van der Waals surface area contributed by atoms with Gasteiger partial charge in [-0.3, -0.25) is 14.5 Å². The normalized spacial score (nSPS) is 14.4. The van der Waals surface area contributed by atoms with Gasteiger partial charge in [0.05, 0.1) is 13.1 Å². The molecule has 0 aliphatic carbocycles. The Hall–Kier alpha value is -1.59. The van der Waals surface area contributed by atoms with E-state index in [1.807, 2.05) is 36.2 Å². The lowest BCUT2D eigenvalue weighted by molar-refractivity contribution is -0.132. The van der Waals surface area contributed by atoms with Gasteiger partial charge in [-0.15, -0.1) is 0 Å². The van der Waals surface area contributed by atoms with E-state index in [4.69, 9.17) is 11.6 Å². The number of hydrogen-bond acceptors (Lipinski definition) is 3. The maximum Gasteiger partial charge on any atom is 0.241 e. The first kappa shape index (κ1) is 16.8. The third kappa shape index (κ3) is 5.31. The molecule has 1 aromatic rings. The quantitative estimate of drug-likeness (QED) is 0.863. The molecular formula is C16H22ClN3O2. The molecule has 1 aliphatic heterocycles. The number of halogens is 1. The Morgan fingerprint density at radius 3 is 2.73 bits per heavy atom.